The lowest BCUT2D eigenvalue weighted by atomic mass is 10.1. The number of pyridine rings is 1. The van der Waals surface area contributed by atoms with Gasteiger partial charge in [0, 0.05) is 36.1 Å². The summed E-state index contributed by atoms with van der Waals surface area (Å²) in [6, 6.07) is 4.76. The number of nitrogens with one attached hydrogen (secondary N) is 2. The number of fused-ring (bicyclic) bond motifs is 1. The Labute approximate surface area is 170 Å². The van der Waals surface area contributed by atoms with E-state index in [1.54, 1.807) is 28.7 Å². The van der Waals surface area contributed by atoms with Gasteiger partial charge in [0.05, 0.1) is 4.90 Å². The van der Waals surface area contributed by atoms with Gasteiger partial charge in [-0.15, -0.1) is 0 Å². The molecule has 0 unspecified atom stereocenters. The van der Waals surface area contributed by atoms with Crippen molar-refractivity contribution in [1.29, 1.82) is 0 Å². The average Bonchev–Trinajstić information content (AvgIpc) is 2.89. The molecule has 0 aliphatic carbocycles. The Balaban J connectivity index is 0.000000396. The van der Waals surface area contributed by atoms with E-state index < -0.39 is 22.2 Å². The van der Waals surface area contributed by atoms with Crippen molar-refractivity contribution >= 4 is 26.8 Å². The van der Waals surface area contributed by atoms with Gasteiger partial charge in [0.25, 0.3) is 5.56 Å². The molecule has 2 aromatic rings. The topological polar surface area (TPSA) is 120 Å². The minimum atomic E-state index is -5.08. The minimum Gasteiger partial charge on any atom is -0.475 e. The predicted molar refractivity (Wildman–Crippen MR) is 104 cm³/mol. The Bertz CT molecular complexity index is 1080. The third-order valence-corrected chi connectivity index (χ3v) is 6.63. The number of aliphatic carboxylic acids is 1. The summed E-state index contributed by atoms with van der Waals surface area (Å²) >= 11 is 0. The number of aryl methyl sites for hydroxylation is 1. The lowest BCUT2D eigenvalue weighted by Gasteiger charge is -2.26. The van der Waals surface area contributed by atoms with Crippen LogP contribution >= 0.6 is 0 Å². The number of carbonyl (C=O) groups is 1. The second kappa shape index (κ2) is 9.14. The van der Waals surface area contributed by atoms with Crippen LogP contribution in [0.15, 0.2) is 34.1 Å². The number of hydrogen-bond acceptors (Lipinski definition) is 5. The van der Waals surface area contributed by atoms with E-state index >= 15 is 0 Å². The molecule has 0 bridgehead atoms. The van der Waals surface area contributed by atoms with E-state index in [-0.39, 0.29) is 16.5 Å². The number of carboxylic acids is 1. The number of sulfonamides is 1. The van der Waals surface area contributed by atoms with Crippen LogP contribution in [-0.4, -0.2) is 60.6 Å². The first-order valence-electron chi connectivity index (χ1n) is 9.01. The van der Waals surface area contributed by atoms with E-state index in [4.69, 9.17) is 9.90 Å². The predicted octanol–water partition coefficient (Wildman–Crippen LogP) is 1.84. The van der Waals surface area contributed by atoms with Gasteiger partial charge in [-0.2, -0.15) is 17.5 Å². The Morgan fingerprint density at radius 2 is 1.93 bits per heavy atom. The molecule has 0 radical (unpaired) electrons. The summed E-state index contributed by atoms with van der Waals surface area (Å²) in [7, 11) is -3.66. The van der Waals surface area contributed by atoms with Gasteiger partial charge in [-0.25, -0.2) is 13.2 Å². The van der Waals surface area contributed by atoms with Gasteiger partial charge in [-0.3, -0.25) is 4.79 Å². The highest BCUT2D eigenvalue weighted by Gasteiger charge is 2.38. The van der Waals surface area contributed by atoms with Gasteiger partial charge in [0.1, 0.15) is 0 Å². The first kappa shape index (κ1) is 23.8. The molecule has 3 N–H and O–H groups in total. The van der Waals surface area contributed by atoms with Crippen LogP contribution in [0.4, 0.5) is 13.2 Å². The fourth-order valence-electron chi connectivity index (χ4n) is 3.14. The highest BCUT2D eigenvalue weighted by Crippen LogP contribution is 2.28. The number of aromatic nitrogens is 1. The molecule has 3 rings (SSSR count). The number of nitrogens with zero attached hydrogens (tertiary/aromatic N) is 1. The van der Waals surface area contributed by atoms with E-state index in [0.717, 1.165) is 18.5 Å². The molecule has 166 valence electrons. The molecular weight excluding hydrogens is 427 g/mol. The van der Waals surface area contributed by atoms with Gasteiger partial charge in [-0.1, -0.05) is 6.07 Å². The second-order valence-corrected chi connectivity index (χ2v) is 8.66. The normalized spacial score (nSPS) is 18.4. The SMILES string of the molecule is Cc1c[nH]c(=O)c2cccc(S(=O)(=O)N3CCCNC[C@@H]3C)c12.O=C(O)C(F)(F)F. The minimum absolute atomic E-state index is 0.125. The van der Waals surface area contributed by atoms with Crippen LogP contribution in [0.1, 0.15) is 18.9 Å². The van der Waals surface area contributed by atoms with E-state index in [1.165, 1.54) is 0 Å². The molecule has 1 aliphatic heterocycles. The number of benzene rings is 1. The Kier molecular flexibility index (Phi) is 7.27. The van der Waals surface area contributed by atoms with Crippen molar-refractivity contribution in [2.45, 2.75) is 37.4 Å². The van der Waals surface area contributed by atoms with Crippen LogP contribution in [0.25, 0.3) is 10.8 Å². The van der Waals surface area contributed by atoms with E-state index in [9.17, 15) is 26.4 Å². The molecule has 1 saturated heterocycles. The van der Waals surface area contributed by atoms with E-state index in [2.05, 4.69) is 10.3 Å². The van der Waals surface area contributed by atoms with Crippen LogP contribution in [0, 0.1) is 6.92 Å². The average molecular weight is 449 g/mol. The molecule has 30 heavy (non-hydrogen) atoms. The van der Waals surface area contributed by atoms with Gasteiger partial charge in [0.2, 0.25) is 10.0 Å². The highest BCUT2D eigenvalue weighted by molar-refractivity contribution is 7.89. The first-order chi connectivity index (χ1) is 13.9. The third-order valence-electron chi connectivity index (χ3n) is 4.58. The summed E-state index contributed by atoms with van der Waals surface area (Å²) in [5.41, 5.74) is 0.479. The van der Waals surface area contributed by atoms with Crippen molar-refractivity contribution in [2.75, 3.05) is 19.6 Å². The summed E-state index contributed by atoms with van der Waals surface area (Å²) in [6.45, 7) is 5.63. The molecular formula is C18H22F3N3O5S. The van der Waals surface area contributed by atoms with Crippen molar-refractivity contribution in [2.24, 2.45) is 0 Å². The Hall–Kier alpha value is -2.44. The lowest BCUT2D eigenvalue weighted by molar-refractivity contribution is -0.192. The smallest absolute Gasteiger partial charge is 0.475 e. The van der Waals surface area contributed by atoms with Crippen LogP contribution < -0.4 is 10.9 Å². The van der Waals surface area contributed by atoms with Crippen LogP contribution in [0.3, 0.4) is 0 Å². The zero-order chi connectivity index (χ0) is 22.7. The van der Waals surface area contributed by atoms with Crippen LogP contribution in [0.2, 0.25) is 0 Å². The van der Waals surface area contributed by atoms with Crippen molar-refractivity contribution in [1.82, 2.24) is 14.6 Å². The van der Waals surface area contributed by atoms with Crippen molar-refractivity contribution in [3.8, 4) is 0 Å². The molecule has 8 nitrogen and oxygen atoms in total. The monoisotopic (exact) mass is 449 g/mol. The standard InChI is InChI=1S/C16H21N3O3S.C2HF3O2/c1-11-9-18-16(20)13-5-3-6-14(15(11)13)23(21,22)19-8-4-7-17-10-12(19)2;3-2(4,5)1(6)7/h3,5-6,9,12,17H,4,7-8,10H2,1-2H3,(H,18,20);(H,6,7)/t12-;/m0./s1. The summed E-state index contributed by atoms with van der Waals surface area (Å²) in [5, 5.41) is 11.3. The number of rotatable bonds is 2. The van der Waals surface area contributed by atoms with Gasteiger partial charge in [-0.05, 0) is 44.5 Å². The van der Waals surface area contributed by atoms with Gasteiger partial charge < -0.3 is 15.4 Å². The quantitative estimate of drug-likeness (QED) is 0.644. The molecule has 1 aromatic heterocycles. The van der Waals surface area contributed by atoms with Crippen LogP contribution in [-0.2, 0) is 14.8 Å². The largest absolute Gasteiger partial charge is 0.490 e. The molecule has 0 amide bonds. The number of hydrogen-bond donors (Lipinski definition) is 3. The number of alkyl halides is 3. The molecule has 0 saturated carbocycles. The fourth-order valence-corrected chi connectivity index (χ4v) is 5.09. The summed E-state index contributed by atoms with van der Waals surface area (Å²) in [6.07, 6.45) is -2.75. The second-order valence-electron chi connectivity index (χ2n) is 6.80. The van der Waals surface area contributed by atoms with Crippen molar-refractivity contribution in [3.05, 3.63) is 40.3 Å². The van der Waals surface area contributed by atoms with Gasteiger partial charge >= 0.3 is 12.1 Å². The number of halogens is 3. The summed E-state index contributed by atoms with van der Waals surface area (Å²) in [4.78, 5) is 23.8. The fraction of sp³-hybridized carbons (Fsp3) is 0.444. The summed E-state index contributed by atoms with van der Waals surface area (Å²) < 4.78 is 59.7. The van der Waals surface area contributed by atoms with Crippen LogP contribution in [0.5, 0.6) is 0 Å². The summed E-state index contributed by atoms with van der Waals surface area (Å²) in [5.74, 6) is -2.76. The number of aromatic amines is 1. The van der Waals surface area contributed by atoms with Crippen molar-refractivity contribution in [3.63, 3.8) is 0 Å². The lowest BCUT2D eigenvalue weighted by Crippen LogP contribution is -2.41. The van der Waals surface area contributed by atoms with E-state index in [1.807, 2.05) is 13.8 Å². The maximum atomic E-state index is 13.2. The zero-order valence-electron chi connectivity index (χ0n) is 16.3. The molecule has 1 atom stereocenters. The maximum absolute atomic E-state index is 13.2. The number of carboxylic acid groups (broad SMARTS) is 1. The molecule has 1 fully saturated rings. The molecule has 1 aliphatic rings. The first-order valence-corrected chi connectivity index (χ1v) is 10.4. The molecule has 12 heteroatoms. The Morgan fingerprint density at radius 3 is 2.53 bits per heavy atom. The molecule has 0 spiro atoms. The Morgan fingerprint density at radius 1 is 1.30 bits per heavy atom. The maximum Gasteiger partial charge on any atom is 0.490 e. The van der Waals surface area contributed by atoms with Crippen molar-refractivity contribution < 1.29 is 31.5 Å². The number of H-pyrrole nitrogens is 1. The molecule has 2 heterocycles. The third kappa shape index (κ3) is 5.18. The highest BCUT2D eigenvalue weighted by atomic mass is 32.2. The zero-order valence-corrected chi connectivity index (χ0v) is 17.1. The molecule has 1 aromatic carbocycles. The van der Waals surface area contributed by atoms with E-state index in [0.29, 0.717) is 23.9 Å². The van der Waals surface area contributed by atoms with Gasteiger partial charge in [0.15, 0.2) is 0 Å².